The fourth-order valence-corrected chi connectivity index (χ4v) is 2.94. The van der Waals surface area contributed by atoms with Crippen molar-refractivity contribution in [3.05, 3.63) is 58.5 Å². The summed E-state index contributed by atoms with van der Waals surface area (Å²) in [7, 11) is 0. The molecular formula is C20H20F3N3O. The van der Waals surface area contributed by atoms with Crippen molar-refractivity contribution >= 4 is 10.9 Å². The van der Waals surface area contributed by atoms with Crippen molar-refractivity contribution in [2.45, 2.75) is 45.6 Å². The number of nitrogens with zero attached hydrogens (tertiary/aromatic N) is 3. The normalized spacial score (nSPS) is 11.4. The van der Waals surface area contributed by atoms with Gasteiger partial charge in [0, 0.05) is 23.9 Å². The van der Waals surface area contributed by atoms with Crippen LogP contribution in [0.3, 0.4) is 0 Å². The average Bonchev–Trinajstić information content (AvgIpc) is 2.67. The third-order valence-corrected chi connectivity index (χ3v) is 4.48. The van der Waals surface area contributed by atoms with Crippen molar-refractivity contribution in [3.63, 3.8) is 0 Å². The van der Waals surface area contributed by atoms with E-state index in [2.05, 4.69) is 16.9 Å². The zero-order chi connectivity index (χ0) is 19.4. The van der Waals surface area contributed by atoms with Crippen LogP contribution in [0.5, 0.6) is 0 Å². The molecule has 3 rings (SSSR count). The van der Waals surface area contributed by atoms with E-state index in [0.29, 0.717) is 12.1 Å². The molecule has 2 aromatic heterocycles. The maximum Gasteiger partial charge on any atom is 0.265 e. The van der Waals surface area contributed by atoms with Gasteiger partial charge in [0.2, 0.25) is 0 Å². The Labute approximate surface area is 154 Å². The lowest BCUT2D eigenvalue weighted by molar-refractivity contribution is 0.151. The molecule has 0 atom stereocenters. The Morgan fingerprint density at radius 3 is 2.59 bits per heavy atom. The zero-order valence-corrected chi connectivity index (χ0v) is 15.0. The summed E-state index contributed by atoms with van der Waals surface area (Å²) in [5, 5.41) is 0.193. The first-order chi connectivity index (χ1) is 13.0. The number of benzene rings is 1. The molecule has 0 aliphatic rings. The van der Waals surface area contributed by atoms with Gasteiger partial charge in [0.1, 0.15) is 5.82 Å². The summed E-state index contributed by atoms with van der Waals surface area (Å²) >= 11 is 0. The first kappa shape index (κ1) is 19.1. The lowest BCUT2D eigenvalue weighted by Crippen LogP contribution is -2.21. The van der Waals surface area contributed by atoms with Crippen molar-refractivity contribution in [1.82, 2.24) is 14.5 Å². The molecule has 0 N–H and O–H groups in total. The van der Waals surface area contributed by atoms with Gasteiger partial charge < -0.3 is 0 Å². The van der Waals surface area contributed by atoms with E-state index >= 15 is 0 Å². The number of rotatable bonds is 7. The summed E-state index contributed by atoms with van der Waals surface area (Å²) in [6, 6.07) is 5.11. The molecule has 4 nitrogen and oxygen atoms in total. The lowest BCUT2D eigenvalue weighted by Gasteiger charge is -2.09. The maximum absolute atomic E-state index is 14.6. The van der Waals surface area contributed by atoms with Crippen LogP contribution in [0, 0.1) is 5.82 Å². The Bertz CT molecular complexity index is 984. The van der Waals surface area contributed by atoms with Gasteiger partial charge in [-0.25, -0.2) is 18.2 Å². The van der Waals surface area contributed by atoms with Crippen LogP contribution in [0.25, 0.3) is 22.2 Å². The molecule has 1 aromatic carbocycles. The highest BCUT2D eigenvalue weighted by atomic mass is 19.3. The molecule has 0 unspecified atom stereocenters. The minimum atomic E-state index is -2.63. The van der Waals surface area contributed by atoms with E-state index in [0.717, 1.165) is 37.9 Å². The summed E-state index contributed by atoms with van der Waals surface area (Å²) in [4.78, 5) is 20.7. The lowest BCUT2D eigenvalue weighted by atomic mass is 10.1. The van der Waals surface area contributed by atoms with Crippen molar-refractivity contribution in [3.8, 4) is 11.3 Å². The summed E-state index contributed by atoms with van der Waals surface area (Å²) in [6.07, 6.45) is 3.94. The number of aromatic nitrogens is 3. The monoisotopic (exact) mass is 375 g/mol. The van der Waals surface area contributed by atoms with Crippen molar-refractivity contribution in [2.75, 3.05) is 0 Å². The molecule has 27 heavy (non-hydrogen) atoms. The molecule has 0 aliphatic carbocycles. The van der Waals surface area contributed by atoms with Gasteiger partial charge in [0.15, 0.2) is 0 Å². The number of alkyl halides is 2. The molecule has 142 valence electrons. The Morgan fingerprint density at radius 1 is 1.11 bits per heavy atom. The second kappa shape index (κ2) is 8.33. The van der Waals surface area contributed by atoms with Gasteiger partial charge in [-0.3, -0.25) is 14.3 Å². The second-order valence-corrected chi connectivity index (χ2v) is 6.43. The van der Waals surface area contributed by atoms with Crippen molar-refractivity contribution < 1.29 is 13.2 Å². The van der Waals surface area contributed by atoms with Crippen LogP contribution in [0.1, 0.15) is 44.6 Å². The minimum Gasteiger partial charge on any atom is -0.299 e. The highest BCUT2D eigenvalue weighted by Gasteiger charge is 2.14. The van der Waals surface area contributed by atoms with E-state index in [1.165, 1.54) is 29.1 Å². The van der Waals surface area contributed by atoms with Crippen LogP contribution in [0.2, 0.25) is 0 Å². The number of hydrogen-bond acceptors (Lipinski definition) is 3. The highest BCUT2D eigenvalue weighted by Crippen LogP contribution is 2.26. The van der Waals surface area contributed by atoms with Gasteiger partial charge in [-0.05, 0) is 30.7 Å². The van der Waals surface area contributed by atoms with Crippen LogP contribution in [0.4, 0.5) is 13.2 Å². The minimum absolute atomic E-state index is 0.121. The number of aryl methyl sites for hydroxylation is 1. The predicted molar refractivity (Wildman–Crippen MR) is 98.3 cm³/mol. The first-order valence-corrected chi connectivity index (χ1v) is 8.94. The van der Waals surface area contributed by atoms with E-state index in [4.69, 9.17) is 0 Å². The number of pyridine rings is 1. The van der Waals surface area contributed by atoms with Crippen LogP contribution in [0.15, 0.2) is 41.6 Å². The number of hydrogen-bond donors (Lipinski definition) is 0. The molecule has 2 heterocycles. The molecular weight excluding hydrogens is 355 g/mol. The van der Waals surface area contributed by atoms with E-state index < -0.39 is 12.2 Å². The average molecular weight is 375 g/mol. The standard InChI is InChI=1S/C20H20F3N3O/c1-2-3-4-5-8-26-12-25-18-10-14(16(21)9-15(18)20(26)27)17-7-6-13(11-24-17)19(22)23/h6-7,9-12,19H,2-5,8H2,1H3. The van der Waals surface area contributed by atoms with Gasteiger partial charge in [-0.1, -0.05) is 26.2 Å². The molecule has 0 saturated heterocycles. The molecule has 0 radical (unpaired) electrons. The molecule has 0 fully saturated rings. The molecule has 0 aliphatic heterocycles. The molecule has 3 aromatic rings. The first-order valence-electron chi connectivity index (χ1n) is 8.94. The van der Waals surface area contributed by atoms with E-state index in [-0.39, 0.29) is 27.8 Å². The summed E-state index contributed by atoms with van der Waals surface area (Å²) in [6.45, 7) is 2.65. The Morgan fingerprint density at radius 2 is 1.93 bits per heavy atom. The SMILES string of the molecule is CCCCCCn1cnc2cc(-c3ccc(C(F)F)cn3)c(F)cc2c1=O. The van der Waals surface area contributed by atoms with Gasteiger partial charge in [0.25, 0.3) is 12.0 Å². The van der Waals surface area contributed by atoms with Crippen LogP contribution < -0.4 is 5.56 Å². The van der Waals surface area contributed by atoms with Crippen molar-refractivity contribution in [2.24, 2.45) is 0 Å². The second-order valence-electron chi connectivity index (χ2n) is 6.43. The third kappa shape index (κ3) is 4.18. The van der Waals surface area contributed by atoms with E-state index in [1.807, 2.05) is 0 Å². The van der Waals surface area contributed by atoms with Gasteiger partial charge >= 0.3 is 0 Å². The quantitative estimate of drug-likeness (QED) is 0.539. The van der Waals surface area contributed by atoms with E-state index in [9.17, 15) is 18.0 Å². The molecule has 0 bridgehead atoms. The fourth-order valence-electron chi connectivity index (χ4n) is 2.94. The van der Waals surface area contributed by atoms with Gasteiger partial charge in [-0.2, -0.15) is 0 Å². The highest BCUT2D eigenvalue weighted by molar-refractivity contribution is 5.83. The smallest absolute Gasteiger partial charge is 0.265 e. The fraction of sp³-hybridized carbons (Fsp3) is 0.350. The molecule has 0 spiro atoms. The van der Waals surface area contributed by atoms with Gasteiger partial charge in [-0.15, -0.1) is 0 Å². The molecule has 0 saturated carbocycles. The molecule has 7 heteroatoms. The van der Waals surface area contributed by atoms with Crippen molar-refractivity contribution in [1.29, 1.82) is 0 Å². The summed E-state index contributed by atoms with van der Waals surface area (Å²) < 4.78 is 41.3. The summed E-state index contributed by atoms with van der Waals surface area (Å²) in [5.41, 5.74) is 0.160. The van der Waals surface area contributed by atoms with Crippen LogP contribution in [-0.4, -0.2) is 14.5 Å². The topological polar surface area (TPSA) is 47.8 Å². The zero-order valence-electron chi connectivity index (χ0n) is 15.0. The third-order valence-electron chi connectivity index (χ3n) is 4.48. The maximum atomic E-state index is 14.6. The summed E-state index contributed by atoms with van der Waals surface area (Å²) in [5.74, 6) is -0.637. The Hall–Kier alpha value is -2.70. The number of fused-ring (bicyclic) bond motifs is 1. The largest absolute Gasteiger partial charge is 0.299 e. The van der Waals surface area contributed by atoms with Gasteiger partial charge in [0.05, 0.1) is 22.9 Å². The van der Waals surface area contributed by atoms with Crippen LogP contribution >= 0.6 is 0 Å². The molecule has 0 amide bonds. The van der Waals surface area contributed by atoms with Crippen LogP contribution in [-0.2, 0) is 6.54 Å². The Kier molecular flexibility index (Phi) is 5.88. The Balaban J connectivity index is 1.94. The number of unbranched alkanes of at least 4 members (excludes halogenated alkanes) is 3. The van der Waals surface area contributed by atoms with E-state index in [1.54, 1.807) is 0 Å². The number of halogens is 3. The predicted octanol–water partition coefficient (Wildman–Crippen LogP) is 5.12.